The zero-order valence-corrected chi connectivity index (χ0v) is 12.9. The van der Waals surface area contributed by atoms with Crippen LogP contribution in [0.15, 0.2) is 41.0 Å². The summed E-state index contributed by atoms with van der Waals surface area (Å²) in [6.45, 7) is 0.305. The number of amides is 1. The number of carbonyl (C=O) groups is 1. The van der Waals surface area contributed by atoms with Gasteiger partial charge in [0.25, 0.3) is 5.91 Å². The minimum absolute atomic E-state index is 0. The Kier molecular flexibility index (Phi) is 6.91. The fourth-order valence-corrected chi connectivity index (χ4v) is 1.95. The van der Waals surface area contributed by atoms with Crippen LogP contribution in [-0.4, -0.2) is 24.7 Å². The van der Waals surface area contributed by atoms with Crippen molar-refractivity contribution in [2.24, 2.45) is 5.73 Å². The molecule has 0 aliphatic carbocycles. The molecule has 22 heavy (non-hydrogen) atoms. The quantitative estimate of drug-likeness (QED) is 0.749. The molecule has 0 aliphatic rings. The van der Waals surface area contributed by atoms with Gasteiger partial charge >= 0.3 is 0 Å². The lowest BCUT2D eigenvalue weighted by Gasteiger charge is -2.15. The van der Waals surface area contributed by atoms with Crippen LogP contribution in [0.3, 0.4) is 0 Å². The summed E-state index contributed by atoms with van der Waals surface area (Å²) in [5.41, 5.74) is 6.41. The third kappa shape index (κ3) is 4.24. The van der Waals surface area contributed by atoms with Crippen molar-refractivity contribution in [3.8, 4) is 5.75 Å². The van der Waals surface area contributed by atoms with Crippen molar-refractivity contribution in [3.05, 3.63) is 53.5 Å². The van der Waals surface area contributed by atoms with E-state index in [2.05, 4.69) is 5.32 Å². The van der Waals surface area contributed by atoms with Gasteiger partial charge in [0.1, 0.15) is 17.8 Å². The maximum atomic E-state index is 11.9. The van der Waals surface area contributed by atoms with E-state index < -0.39 is 6.10 Å². The lowest BCUT2D eigenvalue weighted by atomic mass is 10.1. The normalized spacial score (nSPS) is 11.4. The van der Waals surface area contributed by atoms with E-state index in [0.717, 1.165) is 0 Å². The zero-order valence-electron chi connectivity index (χ0n) is 12.1. The molecule has 2 aromatic rings. The van der Waals surface area contributed by atoms with Crippen LogP contribution in [0.1, 0.15) is 27.8 Å². The first-order valence-corrected chi connectivity index (χ1v) is 6.52. The molecule has 1 amide bonds. The number of nitrogens with one attached hydrogen (secondary N) is 1. The van der Waals surface area contributed by atoms with Gasteiger partial charge in [-0.3, -0.25) is 4.79 Å². The molecule has 1 heterocycles. The highest BCUT2D eigenvalue weighted by atomic mass is 35.5. The van der Waals surface area contributed by atoms with E-state index >= 15 is 0 Å². The lowest BCUT2D eigenvalue weighted by molar-refractivity contribution is 0.0914. The number of para-hydroxylation sites is 1. The average molecular weight is 327 g/mol. The lowest BCUT2D eigenvalue weighted by Crippen LogP contribution is -2.28. The molecule has 0 fully saturated rings. The molecule has 2 rings (SSSR count). The molecule has 1 aromatic carbocycles. The van der Waals surface area contributed by atoms with Crippen LogP contribution < -0.4 is 15.8 Å². The van der Waals surface area contributed by atoms with Gasteiger partial charge in [0.05, 0.1) is 25.3 Å². The first kappa shape index (κ1) is 18.0. The maximum absolute atomic E-state index is 11.9. The number of rotatable bonds is 6. The van der Waals surface area contributed by atoms with Gasteiger partial charge < -0.3 is 25.3 Å². The predicted molar refractivity (Wildman–Crippen MR) is 84.1 cm³/mol. The molecule has 0 saturated heterocycles. The highest BCUT2D eigenvalue weighted by Crippen LogP contribution is 2.24. The number of carbonyl (C=O) groups excluding carboxylic acids is 1. The number of methoxy groups -OCH3 is 1. The molecular weight excluding hydrogens is 308 g/mol. The fourth-order valence-electron chi connectivity index (χ4n) is 1.95. The molecule has 0 spiro atoms. The van der Waals surface area contributed by atoms with Gasteiger partial charge in [-0.05, 0) is 12.1 Å². The Bertz CT molecular complexity index is 615. The molecule has 1 atom stereocenters. The number of aliphatic hydroxyl groups is 1. The Balaban J connectivity index is 0.00000242. The van der Waals surface area contributed by atoms with Gasteiger partial charge in [-0.15, -0.1) is 12.4 Å². The molecule has 0 saturated carbocycles. The van der Waals surface area contributed by atoms with Gasteiger partial charge in [0.15, 0.2) is 0 Å². The SMILES string of the molecule is COc1ccccc1C(O)CNC(=O)c1coc(CN)c1.Cl. The topological polar surface area (TPSA) is 97.7 Å². The Morgan fingerprint density at radius 2 is 2.18 bits per heavy atom. The number of hydrogen-bond donors (Lipinski definition) is 3. The van der Waals surface area contributed by atoms with Crippen LogP contribution in [-0.2, 0) is 6.54 Å². The number of hydrogen-bond acceptors (Lipinski definition) is 5. The minimum atomic E-state index is -0.856. The Morgan fingerprint density at radius 3 is 2.82 bits per heavy atom. The average Bonchev–Trinajstić information content (AvgIpc) is 3.01. The van der Waals surface area contributed by atoms with Crippen molar-refractivity contribution >= 4 is 18.3 Å². The third-order valence-corrected chi connectivity index (χ3v) is 3.07. The largest absolute Gasteiger partial charge is 0.496 e. The van der Waals surface area contributed by atoms with Crippen LogP contribution in [0, 0.1) is 0 Å². The minimum Gasteiger partial charge on any atom is -0.496 e. The molecule has 1 aromatic heterocycles. The van der Waals surface area contributed by atoms with Crippen molar-refractivity contribution < 1.29 is 19.1 Å². The second kappa shape index (κ2) is 8.43. The van der Waals surface area contributed by atoms with Gasteiger partial charge in [0, 0.05) is 12.1 Å². The van der Waals surface area contributed by atoms with E-state index in [9.17, 15) is 9.90 Å². The zero-order chi connectivity index (χ0) is 15.2. The van der Waals surface area contributed by atoms with Crippen LogP contribution in [0.5, 0.6) is 5.75 Å². The molecule has 7 heteroatoms. The van der Waals surface area contributed by atoms with E-state index in [1.165, 1.54) is 13.4 Å². The van der Waals surface area contributed by atoms with E-state index in [-0.39, 0.29) is 31.4 Å². The summed E-state index contributed by atoms with van der Waals surface area (Å²) in [7, 11) is 1.53. The first-order valence-electron chi connectivity index (χ1n) is 6.52. The summed E-state index contributed by atoms with van der Waals surface area (Å²) >= 11 is 0. The van der Waals surface area contributed by atoms with Crippen molar-refractivity contribution in [2.75, 3.05) is 13.7 Å². The van der Waals surface area contributed by atoms with Crippen LogP contribution in [0.25, 0.3) is 0 Å². The predicted octanol–water partition coefficient (Wildman–Crippen LogP) is 1.63. The van der Waals surface area contributed by atoms with Crippen LogP contribution in [0.4, 0.5) is 0 Å². The second-order valence-corrected chi connectivity index (χ2v) is 4.47. The third-order valence-electron chi connectivity index (χ3n) is 3.07. The standard InChI is InChI=1S/C15H18N2O4.ClH/c1-20-14-5-3-2-4-12(14)13(18)8-17-15(19)10-6-11(7-16)21-9-10;/h2-6,9,13,18H,7-8,16H2,1H3,(H,17,19);1H. The van der Waals surface area contributed by atoms with Gasteiger partial charge in [-0.1, -0.05) is 18.2 Å². The molecule has 120 valence electrons. The van der Waals surface area contributed by atoms with E-state index in [1.54, 1.807) is 24.3 Å². The maximum Gasteiger partial charge on any atom is 0.254 e. The number of nitrogens with two attached hydrogens (primary N) is 1. The highest BCUT2D eigenvalue weighted by Gasteiger charge is 2.15. The summed E-state index contributed by atoms with van der Waals surface area (Å²) in [4.78, 5) is 11.9. The van der Waals surface area contributed by atoms with E-state index in [0.29, 0.717) is 22.6 Å². The number of aliphatic hydroxyl groups excluding tert-OH is 1. The fraction of sp³-hybridized carbons (Fsp3) is 0.267. The first-order chi connectivity index (χ1) is 10.2. The molecule has 0 radical (unpaired) electrons. The van der Waals surface area contributed by atoms with Crippen molar-refractivity contribution in [1.29, 1.82) is 0 Å². The molecule has 1 unspecified atom stereocenters. The summed E-state index contributed by atoms with van der Waals surface area (Å²) < 4.78 is 10.3. The van der Waals surface area contributed by atoms with Crippen molar-refractivity contribution in [1.82, 2.24) is 5.32 Å². The van der Waals surface area contributed by atoms with E-state index in [4.69, 9.17) is 14.9 Å². The molecule has 0 bridgehead atoms. The van der Waals surface area contributed by atoms with Crippen LogP contribution >= 0.6 is 12.4 Å². The molecular formula is C15H19ClN2O4. The van der Waals surface area contributed by atoms with Crippen molar-refractivity contribution in [2.45, 2.75) is 12.6 Å². The highest BCUT2D eigenvalue weighted by molar-refractivity contribution is 5.94. The number of benzene rings is 1. The van der Waals surface area contributed by atoms with Gasteiger partial charge in [0.2, 0.25) is 0 Å². The smallest absolute Gasteiger partial charge is 0.254 e. The monoisotopic (exact) mass is 326 g/mol. The van der Waals surface area contributed by atoms with Crippen molar-refractivity contribution in [3.63, 3.8) is 0 Å². The molecule has 6 nitrogen and oxygen atoms in total. The number of halogens is 1. The van der Waals surface area contributed by atoms with Gasteiger partial charge in [-0.2, -0.15) is 0 Å². The van der Waals surface area contributed by atoms with Crippen LogP contribution in [0.2, 0.25) is 0 Å². The summed E-state index contributed by atoms with van der Waals surface area (Å²) in [6, 6.07) is 8.69. The Hall–Kier alpha value is -2.02. The number of ether oxygens (including phenoxy) is 1. The summed E-state index contributed by atoms with van der Waals surface area (Å²) in [5, 5.41) is 12.8. The second-order valence-electron chi connectivity index (χ2n) is 4.47. The number of furan rings is 1. The van der Waals surface area contributed by atoms with E-state index in [1.807, 2.05) is 6.07 Å². The molecule has 4 N–H and O–H groups in total. The van der Waals surface area contributed by atoms with Gasteiger partial charge in [-0.25, -0.2) is 0 Å². The summed E-state index contributed by atoms with van der Waals surface area (Å²) in [5.74, 6) is 0.783. The summed E-state index contributed by atoms with van der Waals surface area (Å²) in [6.07, 6.45) is 0.485. The Labute approximate surface area is 134 Å². The Morgan fingerprint density at radius 1 is 1.45 bits per heavy atom. The molecule has 0 aliphatic heterocycles.